The maximum Gasteiger partial charge on any atom is 0.408 e. The molecule has 8 heteroatoms. The highest BCUT2D eigenvalue weighted by atomic mass is 16.6. The topological polar surface area (TPSA) is 108 Å². The van der Waals surface area contributed by atoms with Crippen LogP contribution in [0.1, 0.15) is 43.5 Å². The average Bonchev–Trinajstić information content (AvgIpc) is 2.89. The zero-order valence-corrected chi connectivity index (χ0v) is 23.4. The van der Waals surface area contributed by atoms with Gasteiger partial charge in [-0.3, -0.25) is 9.59 Å². The number of benzene rings is 3. The lowest BCUT2D eigenvalue weighted by Crippen LogP contribution is -2.53. The van der Waals surface area contributed by atoms with E-state index in [9.17, 15) is 19.5 Å². The van der Waals surface area contributed by atoms with Crippen molar-refractivity contribution < 1.29 is 24.2 Å². The van der Waals surface area contributed by atoms with E-state index in [0.29, 0.717) is 5.69 Å². The number of aromatic hydroxyl groups is 1. The number of phenolic OH excluding ortho intramolecular Hbond substituents is 1. The fourth-order valence-corrected chi connectivity index (χ4v) is 4.25. The van der Waals surface area contributed by atoms with Gasteiger partial charge in [0.15, 0.2) is 0 Å². The summed E-state index contributed by atoms with van der Waals surface area (Å²) in [4.78, 5) is 42.2. The van der Waals surface area contributed by atoms with E-state index in [1.807, 2.05) is 49.4 Å². The van der Waals surface area contributed by atoms with Crippen LogP contribution < -0.4 is 10.6 Å². The van der Waals surface area contributed by atoms with Crippen molar-refractivity contribution in [2.24, 2.45) is 0 Å². The van der Waals surface area contributed by atoms with Crippen molar-refractivity contribution in [2.45, 2.75) is 51.8 Å². The summed E-state index contributed by atoms with van der Waals surface area (Å²) in [6, 6.07) is 20.6. The van der Waals surface area contributed by atoms with Gasteiger partial charge in [0, 0.05) is 24.2 Å². The normalized spacial score (nSPS) is 12.5. The predicted octanol–water partition coefficient (Wildman–Crippen LogP) is 5.53. The lowest BCUT2D eigenvalue weighted by atomic mass is 9.99. The number of hydrogen-bond acceptors (Lipinski definition) is 5. The summed E-state index contributed by atoms with van der Waals surface area (Å²) in [5, 5.41) is 16.4. The van der Waals surface area contributed by atoms with Gasteiger partial charge in [0.1, 0.15) is 23.4 Å². The Bertz CT molecular complexity index is 1330. The van der Waals surface area contributed by atoms with E-state index in [0.717, 1.165) is 11.1 Å². The van der Waals surface area contributed by atoms with Crippen molar-refractivity contribution in [3.63, 3.8) is 0 Å². The van der Waals surface area contributed by atoms with Gasteiger partial charge in [0.25, 0.3) is 5.91 Å². The van der Waals surface area contributed by atoms with Gasteiger partial charge in [-0.1, -0.05) is 72.8 Å². The first-order valence-corrected chi connectivity index (χ1v) is 13.1. The summed E-state index contributed by atoms with van der Waals surface area (Å²) in [6.45, 7) is 10.8. The number of para-hydroxylation sites is 2. The Balaban J connectivity index is 2.05. The number of anilines is 1. The summed E-state index contributed by atoms with van der Waals surface area (Å²) in [7, 11) is 0. The second-order valence-corrected chi connectivity index (χ2v) is 10.4. The summed E-state index contributed by atoms with van der Waals surface area (Å²) in [5.74, 6) is -1.21. The van der Waals surface area contributed by atoms with Gasteiger partial charge >= 0.3 is 6.09 Å². The lowest BCUT2D eigenvalue weighted by Gasteiger charge is -2.34. The minimum atomic E-state index is -1.23. The summed E-state index contributed by atoms with van der Waals surface area (Å²) >= 11 is 0. The molecule has 0 aliphatic carbocycles. The lowest BCUT2D eigenvalue weighted by molar-refractivity contribution is -0.140. The quantitative estimate of drug-likeness (QED) is 0.292. The maximum atomic E-state index is 14.2. The fourth-order valence-electron chi connectivity index (χ4n) is 4.25. The van der Waals surface area contributed by atoms with Gasteiger partial charge in [-0.05, 0) is 51.0 Å². The minimum Gasteiger partial charge on any atom is -0.508 e. The number of rotatable bonds is 10. The number of carbonyl (C=O) groups is 3. The molecule has 0 heterocycles. The van der Waals surface area contributed by atoms with E-state index in [-0.39, 0.29) is 24.3 Å². The molecule has 0 radical (unpaired) electrons. The molecule has 0 spiro atoms. The first-order chi connectivity index (χ1) is 19.0. The summed E-state index contributed by atoms with van der Waals surface area (Å²) in [5.41, 5.74) is 1.67. The van der Waals surface area contributed by atoms with Crippen molar-refractivity contribution in [1.29, 1.82) is 0 Å². The molecule has 3 N–H and O–H groups in total. The van der Waals surface area contributed by atoms with Crippen LogP contribution in [-0.4, -0.2) is 46.1 Å². The third kappa shape index (κ3) is 8.20. The van der Waals surface area contributed by atoms with Crippen molar-refractivity contribution in [3.8, 4) is 5.75 Å². The number of aryl methyl sites for hydroxylation is 1. The minimum absolute atomic E-state index is 0.0275. The Morgan fingerprint density at radius 1 is 0.975 bits per heavy atom. The highest BCUT2D eigenvalue weighted by Gasteiger charge is 2.37. The standard InChI is InChI=1S/C32H37N3O5/c1-6-20-35(30(38)26(21-23-15-8-7-9-16-23)34-31(39)40-32(3,4)5)28(24-17-11-13-19-27(24)36)29(37)33-25-18-12-10-14-22(25)2/h6-19,26,28,36H,1,20-21H2,2-5H3,(H,33,37)(H,34,39). The second-order valence-electron chi connectivity index (χ2n) is 10.4. The number of amides is 3. The molecule has 40 heavy (non-hydrogen) atoms. The van der Waals surface area contributed by atoms with Crippen molar-refractivity contribution in [3.05, 3.63) is 108 Å². The summed E-state index contributed by atoms with van der Waals surface area (Å²) in [6.07, 6.45) is 0.891. The molecule has 0 fully saturated rings. The number of ether oxygens (including phenoxy) is 1. The van der Waals surface area contributed by atoms with E-state index >= 15 is 0 Å². The smallest absolute Gasteiger partial charge is 0.408 e. The van der Waals surface area contributed by atoms with Crippen molar-refractivity contribution in [1.82, 2.24) is 10.2 Å². The third-order valence-corrected chi connectivity index (χ3v) is 6.07. The molecule has 3 amide bonds. The third-order valence-electron chi connectivity index (χ3n) is 6.07. The van der Waals surface area contributed by atoms with Gasteiger partial charge in [0.05, 0.1) is 0 Å². The first kappa shape index (κ1) is 30.0. The number of carbonyl (C=O) groups excluding carboxylic acids is 3. The van der Waals surface area contributed by atoms with Gasteiger partial charge in [-0.2, -0.15) is 0 Å². The molecule has 0 aliphatic heterocycles. The predicted molar refractivity (Wildman–Crippen MR) is 156 cm³/mol. The Morgan fingerprint density at radius 3 is 2.23 bits per heavy atom. The van der Waals surface area contributed by atoms with Crippen LogP contribution in [0.15, 0.2) is 91.5 Å². The number of phenols is 1. The van der Waals surface area contributed by atoms with Crippen LogP contribution in [0.5, 0.6) is 5.75 Å². The Hall–Kier alpha value is -4.59. The molecule has 3 aromatic rings. The van der Waals surface area contributed by atoms with E-state index in [1.165, 1.54) is 17.0 Å². The van der Waals surface area contributed by atoms with Crippen LogP contribution >= 0.6 is 0 Å². The summed E-state index contributed by atoms with van der Waals surface area (Å²) < 4.78 is 5.44. The monoisotopic (exact) mass is 543 g/mol. The van der Waals surface area contributed by atoms with Crippen molar-refractivity contribution >= 4 is 23.6 Å². The highest BCUT2D eigenvalue weighted by Crippen LogP contribution is 2.31. The largest absolute Gasteiger partial charge is 0.508 e. The first-order valence-electron chi connectivity index (χ1n) is 13.1. The fraction of sp³-hybridized carbons (Fsp3) is 0.281. The number of nitrogens with zero attached hydrogens (tertiary/aromatic N) is 1. The van der Waals surface area contributed by atoms with E-state index < -0.39 is 35.6 Å². The maximum absolute atomic E-state index is 14.2. The number of alkyl carbamates (subject to hydrolysis) is 1. The van der Waals surface area contributed by atoms with Crippen molar-refractivity contribution in [2.75, 3.05) is 11.9 Å². The molecule has 210 valence electrons. The van der Waals surface area contributed by atoms with Crippen LogP contribution in [0.4, 0.5) is 10.5 Å². The van der Waals surface area contributed by atoms with Gasteiger partial charge < -0.3 is 25.4 Å². The molecule has 0 aliphatic rings. The Morgan fingerprint density at radius 2 is 1.60 bits per heavy atom. The van der Waals surface area contributed by atoms with Gasteiger partial charge in [-0.25, -0.2) is 4.79 Å². The van der Waals surface area contributed by atoms with E-state index in [4.69, 9.17) is 4.74 Å². The molecule has 0 saturated heterocycles. The molecule has 8 nitrogen and oxygen atoms in total. The molecule has 0 aromatic heterocycles. The molecule has 2 unspecified atom stereocenters. The Labute approximate surface area is 235 Å². The van der Waals surface area contributed by atoms with Crippen LogP contribution in [0, 0.1) is 6.92 Å². The second kappa shape index (κ2) is 13.5. The van der Waals surface area contributed by atoms with Crippen LogP contribution in [0.3, 0.4) is 0 Å². The van der Waals surface area contributed by atoms with Crippen LogP contribution in [0.2, 0.25) is 0 Å². The molecule has 3 rings (SSSR count). The molecular weight excluding hydrogens is 506 g/mol. The van der Waals surface area contributed by atoms with Crippen LogP contribution in [0.25, 0.3) is 0 Å². The number of hydrogen-bond donors (Lipinski definition) is 3. The van der Waals surface area contributed by atoms with E-state index in [2.05, 4.69) is 17.2 Å². The Kier molecular flexibility index (Phi) is 10.1. The van der Waals surface area contributed by atoms with Gasteiger partial charge in [0.2, 0.25) is 5.91 Å². The molecular formula is C32H37N3O5. The van der Waals surface area contributed by atoms with Gasteiger partial charge in [-0.15, -0.1) is 6.58 Å². The zero-order valence-electron chi connectivity index (χ0n) is 23.4. The van der Waals surface area contributed by atoms with E-state index in [1.54, 1.807) is 51.1 Å². The SMILES string of the molecule is C=CCN(C(=O)C(Cc1ccccc1)NC(=O)OC(C)(C)C)C(C(=O)Nc1ccccc1C)c1ccccc1O. The molecule has 2 atom stereocenters. The molecule has 0 bridgehead atoms. The molecule has 0 saturated carbocycles. The highest BCUT2D eigenvalue weighted by molar-refractivity contribution is 5.99. The zero-order chi connectivity index (χ0) is 29.3. The number of nitrogens with one attached hydrogen (secondary N) is 2. The van der Waals surface area contributed by atoms with Crippen LogP contribution in [-0.2, 0) is 20.7 Å². The average molecular weight is 544 g/mol. The molecule has 3 aromatic carbocycles.